The summed E-state index contributed by atoms with van der Waals surface area (Å²) < 4.78 is 57.8. The number of ether oxygens (including phenoxy) is 2. The molecule has 0 saturated heterocycles. The van der Waals surface area contributed by atoms with E-state index in [9.17, 15) is 17.2 Å². The van der Waals surface area contributed by atoms with Gasteiger partial charge in [0, 0.05) is 0 Å². The number of hydrogen-bond donors (Lipinski definition) is 1. The minimum atomic E-state index is -3.81. The maximum atomic E-state index is 12.1. The standard InChI is InChI=1S/C16H16F2N2O4S/c1-2-23-13-7-9-15(10-8-13)25(21,22)20-19-11-12-3-5-14(6-4-12)24-16(17)18/h3-11,16,20H,2H2,1H3/b19-11-. The van der Waals surface area contributed by atoms with E-state index in [1.54, 1.807) is 12.1 Å². The molecule has 0 atom stereocenters. The molecular formula is C16H16F2N2O4S. The van der Waals surface area contributed by atoms with Crippen molar-refractivity contribution in [2.75, 3.05) is 6.61 Å². The second-order valence-corrected chi connectivity index (χ2v) is 6.37. The van der Waals surface area contributed by atoms with Crippen LogP contribution in [0.2, 0.25) is 0 Å². The Kier molecular flexibility index (Phi) is 6.29. The first-order valence-corrected chi connectivity index (χ1v) is 8.71. The Morgan fingerprint density at radius 1 is 1.08 bits per heavy atom. The largest absolute Gasteiger partial charge is 0.494 e. The van der Waals surface area contributed by atoms with Crippen LogP contribution >= 0.6 is 0 Å². The van der Waals surface area contributed by atoms with Gasteiger partial charge in [0.15, 0.2) is 0 Å². The van der Waals surface area contributed by atoms with Crippen molar-refractivity contribution in [1.29, 1.82) is 0 Å². The summed E-state index contributed by atoms with van der Waals surface area (Å²) in [6, 6.07) is 11.5. The highest BCUT2D eigenvalue weighted by Crippen LogP contribution is 2.16. The number of hydrogen-bond acceptors (Lipinski definition) is 5. The van der Waals surface area contributed by atoms with Crippen LogP contribution in [-0.2, 0) is 10.0 Å². The van der Waals surface area contributed by atoms with Gasteiger partial charge in [-0.3, -0.25) is 0 Å². The van der Waals surface area contributed by atoms with Gasteiger partial charge in [-0.15, -0.1) is 0 Å². The molecule has 0 bridgehead atoms. The highest BCUT2D eigenvalue weighted by Gasteiger charge is 2.12. The zero-order valence-electron chi connectivity index (χ0n) is 13.2. The van der Waals surface area contributed by atoms with Crippen molar-refractivity contribution in [3.8, 4) is 11.5 Å². The number of alkyl halides is 2. The van der Waals surface area contributed by atoms with E-state index in [4.69, 9.17) is 4.74 Å². The monoisotopic (exact) mass is 370 g/mol. The normalized spacial score (nSPS) is 11.7. The third kappa shape index (κ3) is 5.71. The lowest BCUT2D eigenvalue weighted by atomic mass is 10.2. The van der Waals surface area contributed by atoms with Gasteiger partial charge >= 0.3 is 6.61 Å². The zero-order valence-corrected chi connectivity index (χ0v) is 14.0. The van der Waals surface area contributed by atoms with Crippen LogP contribution in [0, 0.1) is 0 Å². The maximum absolute atomic E-state index is 12.1. The molecule has 0 aliphatic carbocycles. The average Bonchev–Trinajstić information content (AvgIpc) is 2.57. The Hall–Kier alpha value is -2.68. The van der Waals surface area contributed by atoms with Crippen LogP contribution in [0.15, 0.2) is 58.5 Å². The number of benzene rings is 2. The van der Waals surface area contributed by atoms with Gasteiger partial charge in [0.2, 0.25) is 0 Å². The van der Waals surface area contributed by atoms with Crippen LogP contribution < -0.4 is 14.3 Å². The van der Waals surface area contributed by atoms with E-state index in [2.05, 4.69) is 14.7 Å². The first-order chi connectivity index (χ1) is 11.9. The summed E-state index contributed by atoms with van der Waals surface area (Å²) in [4.78, 5) is 2.11. The molecule has 0 amide bonds. The predicted molar refractivity (Wildman–Crippen MR) is 88.6 cm³/mol. The second kappa shape index (κ2) is 8.43. The van der Waals surface area contributed by atoms with Gasteiger partial charge in [0.1, 0.15) is 11.5 Å². The Bertz CT molecular complexity index is 807. The fraction of sp³-hybridized carbons (Fsp3) is 0.188. The molecule has 0 aliphatic rings. The molecule has 6 nitrogen and oxygen atoms in total. The third-order valence-corrected chi connectivity index (χ3v) is 4.18. The molecule has 134 valence electrons. The Morgan fingerprint density at radius 2 is 1.68 bits per heavy atom. The summed E-state index contributed by atoms with van der Waals surface area (Å²) >= 11 is 0. The molecular weight excluding hydrogens is 354 g/mol. The number of sulfonamides is 1. The van der Waals surface area contributed by atoms with Gasteiger partial charge in [-0.1, -0.05) is 0 Å². The Labute approximate surface area is 144 Å². The first-order valence-electron chi connectivity index (χ1n) is 7.23. The highest BCUT2D eigenvalue weighted by molar-refractivity contribution is 7.89. The lowest BCUT2D eigenvalue weighted by molar-refractivity contribution is -0.0498. The molecule has 1 N–H and O–H groups in total. The van der Waals surface area contributed by atoms with E-state index in [0.717, 1.165) is 0 Å². The lowest BCUT2D eigenvalue weighted by Gasteiger charge is -2.06. The Morgan fingerprint density at radius 3 is 2.24 bits per heavy atom. The smallest absolute Gasteiger partial charge is 0.387 e. The molecule has 2 aromatic carbocycles. The van der Waals surface area contributed by atoms with Crippen molar-refractivity contribution in [3.63, 3.8) is 0 Å². The summed E-state index contributed by atoms with van der Waals surface area (Å²) in [6.45, 7) is -0.594. The molecule has 0 unspecified atom stereocenters. The van der Waals surface area contributed by atoms with E-state index < -0.39 is 16.6 Å². The Balaban J connectivity index is 1.99. The number of rotatable bonds is 8. The molecule has 0 aliphatic heterocycles. The van der Waals surface area contributed by atoms with E-state index in [0.29, 0.717) is 17.9 Å². The number of nitrogens with zero attached hydrogens (tertiary/aromatic N) is 1. The quantitative estimate of drug-likeness (QED) is 0.572. The van der Waals surface area contributed by atoms with E-state index >= 15 is 0 Å². The summed E-state index contributed by atoms with van der Waals surface area (Å²) in [5, 5.41) is 3.66. The van der Waals surface area contributed by atoms with Crippen LogP contribution in [-0.4, -0.2) is 27.9 Å². The highest BCUT2D eigenvalue weighted by atomic mass is 32.2. The van der Waals surface area contributed by atoms with Crippen molar-refractivity contribution >= 4 is 16.2 Å². The zero-order chi connectivity index (χ0) is 18.3. The van der Waals surface area contributed by atoms with Crippen LogP contribution in [0.3, 0.4) is 0 Å². The third-order valence-electron chi connectivity index (χ3n) is 2.94. The second-order valence-electron chi connectivity index (χ2n) is 4.70. The van der Waals surface area contributed by atoms with Gasteiger partial charge in [0.05, 0.1) is 17.7 Å². The van der Waals surface area contributed by atoms with E-state index in [1.165, 1.54) is 42.6 Å². The maximum Gasteiger partial charge on any atom is 0.387 e. The summed E-state index contributed by atoms with van der Waals surface area (Å²) in [5.41, 5.74) is 0.510. The van der Waals surface area contributed by atoms with Crippen molar-refractivity contribution < 1.29 is 26.7 Å². The van der Waals surface area contributed by atoms with Gasteiger partial charge in [-0.2, -0.15) is 22.3 Å². The molecule has 0 fully saturated rings. The fourth-order valence-corrected chi connectivity index (χ4v) is 2.63. The van der Waals surface area contributed by atoms with E-state index in [-0.39, 0.29) is 10.6 Å². The number of halogens is 2. The minimum absolute atomic E-state index is 0.00196. The first kappa shape index (κ1) is 18.7. The molecule has 0 saturated carbocycles. The number of nitrogens with one attached hydrogen (secondary N) is 1. The molecule has 0 spiro atoms. The van der Waals surface area contributed by atoms with Gasteiger partial charge in [-0.25, -0.2) is 4.83 Å². The van der Waals surface area contributed by atoms with Gasteiger partial charge in [-0.05, 0) is 61.0 Å². The molecule has 25 heavy (non-hydrogen) atoms. The molecule has 0 aromatic heterocycles. The van der Waals surface area contributed by atoms with Crippen molar-refractivity contribution in [2.45, 2.75) is 18.4 Å². The fourth-order valence-electron chi connectivity index (χ4n) is 1.84. The van der Waals surface area contributed by atoms with Crippen molar-refractivity contribution in [3.05, 3.63) is 54.1 Å². The summed E-state index contributed by atoms with van der Waals surface area (Å²) in [6.07, 6.45) is 1.25. The summed E-state index contributed by atoms with van der Waals surface area (Å²) in [5.74, 6) is 0.568. The SMILES string of the molecule is CCOc1ccc(S(=O)(=O)N/N=C\c2ccc(OC(F)F)cc2)cc1. The number of hydrazone groups is 1. The lowest BCUT2D eigenvalue weighted by Crippen LogP contribution is -2.18. The molecule has 0 radical (unpaired) electrons. The van der Waals surface area contributed by atoms with Crippen molar-refractivity contribution in [2.24, 2.45) is 5.10 Å². The average molecular weight is 370 g/mol. The predicted octanol–water partition coefficient (Wildman–Crippen LogP) is 3.00. The van der Waals surface area contributed by atoms with Crippen LogP contribution in [0.25, 0.3) is 0 Å². The minimum Gasteiger partial charge on any atom is -0.494 e. The van der Waals surface area contributed by atoms with Crippen LogP contribution in [0.5, 0.6) is 11.5 Å². The van der Waals surface area contributed by atoms with E-state index in [1.807, 2.05) is 6.92 Å². The van der Waals surface area contributed by atoms with Crippen molar-refractivity contribution in [1.82, 2.24) is 4.83 Å². The summed E-state index contributed by atoms with van der Waals surface area (Å²) in [7, 11) is -3.81. The van der Waals surface area contributed by atoms with Crippen LogP contribution in [0.4, 0.5) is 8.78 Å². The topological polar surface area (TPSA) is 77.0 Å². The van der Waals surface area contributed by atoms with Crippen LogP contribution in [0.1, 0.15) is 12.5 Å². The van der Waals surface area contributed by atoms with Gasteiger partial charge < -0.3 is 9.47 Å². The molecule has 2 aromatic rings. The molecule has 0 heterocycles. The van der Waals surface area contributed by atoms with Gasteiger partial charge in [0.25, 0.3) is 10.0 Å². The molecule has 9 heteroatoms. The molecule has 2 rings (SSSR count).